The number of anilines is 1. The molecule has 7 heteroatoms. The van der Waals surface area contributed by atoms with Crippen LogP contribution in [-0.2, 0) is 14.3 Å². The lowest BCUT2D eigenvalue weighted by Crippen LogP contribution is -2.36. The predicted molar refractivity (Wildman–Crippen MR) is 89.9 cm³/mol. The molecule has 2 N–H and O–H groups in total. The van der Waals surface area contributed by atoms with E-state index in [4.69, 9.17) is 9.47 Å². The van der Waals surface area contributed by atoms with Gasteiger partial charge in [-0.3, -0.25) is 10.1 Å². The number of amides is 2. The minimum Gasteiger partial charge on any atom is -0.452 e. The molecule has 0 spiro atoms. The molecule has 0 saturated heterocycles. The lowest BCUT2D eigenvalue weighted by Gasteiger charge is -2.14. The highest BCUT2D eigenvalue weighted by Crippen LogP contribution is 2.12. The van der Waals surface area contributed by atoms with Crippen LogP contribution in [0, 0.1) is 0 Å². The Hall–Kier alpha value is -2.57. The van der Waals surface area contributed by atoms with Crippen LogP contribution in [0.25, 0.3) is 0 Å². The Morgan fingerprint density at radius 3 is 2.42 bits per heavy atom. The van der Waals surface area contributed by atoms with Crippen molar-refractivity contribution in [1.29, 1.82) is 0 Å². The van der Waals surface area contributed by atoms with Crippen molar-refractivity contribution in [3.63, 3.8) is 0 Å². The molecule has 0 atom stereocenters. The molecule has 0 fully saturated rings. The van der Waals surface area contributed by atoms with Gasteiger partial charge in [0.2, 0.25) is 0 Å². The van der Waals surface area contributed by atoms with E-state index in [-0.39, 0.29) is 30.7 Å². The van der Waals surface area contributed by atoms with Crippen LogP contribution >= 0.6 is 0 Å². The lowest BCUT2D eigenvalue weighted by molar-refractivity contribution is -0.125. The molecule has 0 heterocycles. The first kappa shape index (κ1) is 19.5. The molecule has 0 aromatic heterocycles. The van der Waals surface area contributed by atoms with Crippen molar-refractivity contribution in [3.05, 3.63) is 29.8 Å². The van der Waals surface area contributed by atoms with Crippen molar-refractivity contribution in [1.82, 2.24) is 5.32 Å². The molecule has 24 heavy (non-hydrogen) atoms. The Labute approximate surface area is 141 Å². The van der Waals surface area contributed by atoms with E-state index >= 15 is 0 Å². The molecular weight excluding hydrogens is 312 g/mol. The van der Waals surface area contributed by atoms with Gasteiger partial charge < -0.3 is 14.8 Å². The average molecular weight is 336 g/mol. The Bertz CT molecular complexity index is 570. The molecule has 0 unspecified atom stereocenters. The van der Waals surface area contributed by atoms with Crippen LogP contribution in [0.1, 0.15) is 44.0 Å². The summed E-state index contributed by atoms with van der Waals surface area (Å²) in [4.78, 5) is 35.1. The number of ether oxygens (including phenoxy) is 2. The van der Waals surface area contributed by atoms with Crippen LogP contribution in [0.4, 0.5) is 10.5 Å². The SMILES string of the molecule is CCOC(=O)Nc1cccc(C(=O)OCC(=O)NC(CC)CC)c1. The molecule has 2 amide bonds. The molecular formula is C17H24N2O5. The molecule has 0 bridgehead atoms. The van der Waals surface area contributed by atoms with Gasteiger partial charge in [-0.1, -0.05) is 19.9 Å². The summed E-state index contributed by atoms with van der Waals surface area (Å²) in [5.74, 6) is -0.972. The second-order valence-electron chi connectivity index (χ2n) is 5.08. The number of rotatable bonds is 8. The molecule has 0 radical (unpaired) electrons. The van der Waals surface area contributed by atoms with Gasteiger partial charge in [0.05, 0.1) is 12.2 Å². The summed E-state index contributed by atoms with van der Waals surface area (Å²) in [6.07, 6.45) is 1.03. The van der Waals surface area contributed by atoms with Crippen LogP contribution in [0.15, 0.2) is 24.3 Å². The van der Waals surface area contributed by atoms with Gasteiger partial charge in [0.15, 0.2) is 6.61 Å². The van der Waals surface area contributed by atoms with E-state index in [1.165, 1.54) is 12.1 Å². The Kier molecular flexibility index (Phi) is 8.32. The predicted octanol–water partition coefficient (Wildman–Crippen LogP) is 2.72. The van der Waals surface area contributed by atoms with E-state index in [9.17, 15) is 14.4 Å². The minimum atomic E-state index is -0.637. The zero-order chi connectivity index (χ0) is 17.9. The number of hydrogen-bond donors (Lipinski definition) is 2. The topological polar surface area (TPSA) is 93.7 Å². The molecule has 7 nitrogen and oxygen atoms in total. The first-order chi connectivity index (χ1) is 11.5. The van der Waals surface area contributed by atoms with Crippen LogP contribution < -0.4 is 10.6 Å². The molecule has 0 aliphatic heterocycles. The number of hydrogen-bond acceptors (Lipinski definition) is 5. The van der Waals surface area contributed by atoms with E-state index in [1.807, 2.05) is 13.8 Å². The van der Waals surface area contributed by atoms with Gasteiger partial charge in [0, 0.05) is 11.7 Å². The summed E-state index contributed by atoms with van der Waals surface area (Å²) in [7, 11) is 0. The fourth-order valence-electron chi connectivity index (χ4n) is 1.99. The summed E-state index contributed by atoms with van der Waals surface area (Å²) in [6, 6.07) is 6.29. The number of carbonyl (C=O) groups is 3. The van der Waals surface area contributed by atoms with Gasteiger partial charge in [-0.25, -0.2) is 9.59 Å². The summed E-state index contributed by atoms with van der Waals surface area (Å²) in [5.41, 5.74) is 0.643. The molecule has 0 aliphatic carbocycles. The number of nitrogens with one attached hydrogen (secondary N) is 2. The zero-order valence-corrected chi connectivity index (χ0v) is 14.3. The Morgan fingerprint density at radius 2 is 1.79 bits per heavy atom. The van der Waals surface area contributed by atoms with Crippen molar-refractivity contribution >= 4 is 23.7 Å². The van der Waals surface area contributed by atoms with Gasteiger partial charge in [-0.15, -0.1) is 0 Å². The largest absolute Gasteiger partial charge is 0.452 e. The second-order valence-corrected chi connectivity index (χ2v) is 5.08. The van der Waals surface area contributed by atoms with Crippen molar-refractivity contribution < 1.29 is 23.9 Å². The highest BCUT2D eigenvalue weighted by atomic mass is 16.5. The molecule has 0 saturated carbocycles. The third kappa shape index (κ3) is 6.68. The maximum Gasteiger partial charge on any atom is 0.411 e. The third-order valence-electron chi connectivity index (χ3n) is 3.31. The third-order valence-corrected chi connectivity index (χ3v) is 3.31. The Morgan fingerprint density at radius 1 is 1.08 bits per heavy atom. The standard InChI is InChI=1S/C17H24N2O5/c1-4-13(5-2)18-15(20)11-24-16(21)12-8-7-9-14(10-12)19-17(22)23-6-3/h7-10,13H,4-6,11H2,1-3H3,(H,18,20)(H,19,22). The fraction of sp³-hybridized carbons (Fsp3) is 0.471. The van der Waals surface area contributed by atoms with Gasteiger partial charge in [0.25, 0.3) is 5.91 Å². The van der Waals surface area contributed by atoms with E-state index in [2.05, 4.69) is 10.6 Å². The average Bonchev–Trinajstić information content (AvgIpc) is 2.57. The van der Waals surface area contributed by atoms with Crippen molar-refractivity contribution in [2.45, 2.75) is 39.7 Å². The quantitative estimate of drug-likeness (QED) is 0.712. The lowest BCUT2D eigenvalue weighted by atomic mass is 10.2. The van der Waals surface area contributed by atoms with Crippen LogP contribution in [0.2, 0.25) is 0 Å². The van der Waals surface area contributed by atoms with Gasteiger partial charge in [-0.2, -0.15) is 0 Å². The number of carbonyl (C=O) groups excluding carboxylic acids is 3. The van der Waals surface area contributed by atoms with Crippen molar-refractivity contribution in [2.24, 2.45) is 0 Å². The second kappa shape index (κ2) is 10.3. The highest BCUT2D eigenvalue weighted by Gasteiger charge is 2.13. The molecule has 1 rings (SSSR count). The first-order valence-electron chi connectivity index (χ1n) is 8.00. The van der Waals surface area contributed by atoms with E-state index < -0.39 is 12.1 Å². The van der Waals surface area contributed by atoms with Crippen molar-refractivity contribution in [3.8, 4) is 0 Å². The maximum atomic E-state index is 12.0. The van der Waals surface area contributed by atoms with E-state index in [1.54, 1.807) is 19.1 Å². The first-order valence-corrected chi connectivity index (χ1v) is 8.00. The summed E-state index contributed by atoms with van der Waals surface area (Å²) >= 11 is 0. The van der Waals surface area contributed by atoms with Gasteiger partial charge in [0.1, 0.15) is 0 Å². The van der Waals surface area contributed by atoms with E-state index in [0.717, 1.165) is 12.8 Å². The summed E-state index contributed by atoms with van der Waals surface area (Å²) in [6.45, 7) is 5.55. The van der Waals surface area contributed by atoms with Gasteiger partial charge in [-0.05, 0) is 38.0 Å². The van der Waals surface area contributed by atoms with Crippen LogP contribution in [0.3, 0.4) is 0 Å². The number of esters is 1. The fourth-order valence-corrected chi connectivity index (χ4v) is 1.99. The summed E-state index contributed by atoms with van der Waals surface area (Å²) < 4.78 is 9.76. The minimum absolute atomic E-state index is 0.0771. The van der Waals surface area contributed by atoms with Crippen molar-refractivity contribution in [2.75, 3.05) is 18.5 Å². The van der Waals surface area contributed by atoms with Crippen LogP contribution in [0.5, 0.6) is 0 Å². The summed E-state index contributed by atoms with van der Waals surface area (Å²) in [5, 5.41) is 5.28. The number of benzene rings is 1. The molecule has 1 aromatic rings. The smallest absolute Gasteiger partial charge is 0.411 e. The molecule has 132 valence electrons. The molecule has 1 aromatic carbocycles. The Balaban J connectivity index is 2.56. The van der Waals surface area contributed by atoms with Crippen LogP contribution in [-0.4, -0.2) is 37.2 Å². The van der Waals surface area contributed by atoms with E-state index in [0.29, 0.717) is 5.69 Å². The monoisotopic (exact) mass is 336 g/mol. The highest BCUT2D eigenvalue weighted by molar-refractivity contribution is 5.93. The molecule has 0 aliphatic rings. The maximum absolute atomic E-state index is 12.0. The zero-order valence-electron chi connectivity index (χ0n) is 14.3. The normalized spacial score (nSPS) is 10.2. The van der Waals surface area contributed by atoms with Gasteiger partial charge >= 0.3 is 12.1 Å².